The number of amides is 2. The summed E-state index contributed by atoms with van der Waals surface area (Å²) in [5, 5.41) is 16.4. The maximum Gasteiger partial charge on any atom is 0.321 e. The minimum absolute atomic E-state index is 0.217. The molecule has 7 nitrogen and oxygen atoms in total. The van der Waals surface area contributed by atoms with E-state index in [2.05, 4.69) is 10.4 Å². The fraction of sp³-hybridized carbons (Fsp3) is 0.389. The zero-order valence-electron chi connectivity index (χ0n) is 14.6. The van der Waals surface area contributed by atoms with Crippen molar-refractivity contribution < 1.29 is 14.7 Å². The number of anilines is 1. The van der Waals surface area contributed by atoms with Crippen molar-refractivity contribution in [2.45, 2.75) is 20.3 Å². The Morgan fingerprint density at radius 1 is 1.32 bits per heavy atom. The Morgan fingerprint density at radius 2 is 2.08 bits per heavy atom. The normalized spacial score (nSPS) is 19.9. The smallest absolute Gasteiger partial charge is 0.321 e. The van der Waals surface area contributed by atoms with E-state index in [0.717, 1.165) is 16.8 Å². The topological polar surface area (TPSA) is 87.5 Å². The minimum Gasteiger partial charge on any atom is -0.481 e. The molecule has 0 aliphatic carbocycles. The van der Waals surface area contributed by atoms with Gasteiger partial charge in [-0.3, -0.25) is 9.48 Å². The van der Waals surface area contributed by atoms with Crippen molar-refractivity contribution in [1.82, 2.24) is 14.7 Å². The summed E-state index contributed by atoms with van der Waals surface area (Å²) in [6.07, 6.45) is 2.19. The number of hydrogen-bond acceptors (Lipinski definition) is 3. The van der Waals surface area contributed by atoms with Crippen LogP contribution in [-0.4, -0.2) is 44.9 Å². The molecule has 1 saturated heterocycles. The van der Waals surface area contributed by atoms with Gasteiger partial charge in [0, 0.05) is 37.6 Å². The van der Waals surface area contributed by atoms with Gasteiger partial charge in [-0.25, -0.2) is 4.79 Å². The number of carbonyl (C=O) groups excluding carboxylic acids is 1. The van der Waals surface area contributed by atoms with E-state index in [0.29, 0.717) is 18.7 Å². The Balaban J connectivity index is 1.78. The number of hydrogen-bond donors (Lipinski definition) is 2. The molecule has 1 aromatic carbocycles. The molecule has 2 aromatic rings. The predicted molar refractivity (Wildman–Crippen MR) is 94.3 cm³/mol. The van der Waals surface area contributed by atoms with Gasteiger partial charge < -0.3 is 15.3 Å². The average molecular weight is 342 g/mol. The predicted octanol–water partition coefficient (Wildman–Crippen LogP) is 2.72. The standard InChI is InChI=1S/C18H22N4O3/c1-12-4-5-13(15-6-8-19-21(15)3)10-14(12)20-17(25)22-9-7-18(2,11-22)16(23)24/h4-6,8,10H,7,9,11H2,1-3H3,(H,20,25)(H,23,24). The molecule has 1 aliphatic rings. The zero-order chi connectivity index (χ0) is 18.2. The van der Waals surface area contributed by atoms with Crippen molar-refractivity contribution in [3.05, 3.63) is 36.0 Å². The number of likely N-dealkylation sites (tertiary alicyclic amines) is 1. The van der Waals surface area contributed by atoms with Gasteiger partial charge in [0.2, 0.25) is 0 Å². The number of rotatable bonds is 3. The number of carbonyl (C=O) groups is 2. The lowest BCUT2D eigenvalue weighted by Crippen LogP contribution is -2.37. The van der Waals surface area contributed by atoms with E-state index in [4.69, 9.17) is 0 Å². The van der Waals surface area contributed by atoms with Gasteiger partial charge in [-0.15, -0.1) is 0 Å². The molecule has 2 heterocycles. The molecule has 1 fully saturated rings. The fourth-order valence-electron chi connectivity index (χ4n) is 3.08. The van der Waals surface area contributed by atoms with Crippen LogP contribution in [0.2, 0.25) is 0 Å². The van der Waals surface area contributed by atoms with E-state index in [1.165, 1.54) is 0 Å². The van der Waals surface area contributed by atoms with Gasteiger partial charge in [-0.05, 0) is 38.0 Å². The number of aromatic nitrogens is 2. The van der Waals surface area contributed by atoms with Crippen LogP contribution in [0, 0.1) is 12.3 Å². The van der Waals surface area contributed by atoms with E-state index < -0.39 is 11.4 Å². The van der Waals surface area contributed by atoms with Crippen LogP contribution in [0.1, 0.15) is 18.9 Å². The Hall–Kier alpha value is -2.83. The maximum absolute atomic E-state index is 12.5. The first kappa shape index (κ1) is 17.0. The molecule has 3 rings (SSSR count). The first-order valence-electron chi connectivity index (χ1n) is 8.18. The Kier molecular flexibility index (Phi) is 4.24. The van der Waals surface area contributed by atoms with E-state index in [1.54, 1.807) is 22.7 Å². The van der Waals surface area contributed by atoms with Gasteiger partial charge in [0.25, 0.3) is 0 Å². The number of carboxylic acids is 1. The van der Waals surface area contributed by atoms with E-state index in [1.807, 2.05) is 38.2 Å². The highest BCUT2D eigenvalue weighted by Gasteiger charge is 2.42. The minimum atomic E-state index is -0.872. The van der Waals surface area contributed by atoms with Crippen LogP contribution in [-0.2, 0) is 11.8 Å². The molecular formula is C18H22N4O3. The molecule has 132 valence electrons. The second-order valence-corrected chi connectivity index (χ2v) is 6.84. The number of aryl methyl sites for hydroxylation is 2. The summed E-state index contributed by atoms with van der Waals surface area (Å²) in [6, 6.07) is 7.49. The lowest BCUT2D eigenvalue weighted by atomic mass is 9.90. The molecule has 1 unspecified atom stereocenters. The van der Waals surface area contributed by atoms with E-state index in [9.17, 15) is 14.7 Å². The van der Waals surface area contributed by atoms with Gasteiger partial charge in [-0.1, -0.05) is 12.1 Å². The third-order valence-electron chi connectivity index (χ3n) is 4.87. The van der Waals surface area contributed by atoms with Gasteiger partial charge >= 0.3 is 12.0 Å². The quantitative estimate of drug-likeness (QED) is 0.898. The lowest BCUT2D eigenvalue weighted by molar-refractivity contribution is -0.146. The van der Waals surface area contributed by atoms with E-state index >= 15 is 0 Å². The number of aliphatic carboxylic acids is 1. The SMILES string of the molecule is Cc1ccc(-c2ccnn2C)cc1NC(=O)N1CCC(C)(C(=O)O)C1. The van der Waals surface area contributed by atoms with Crippen LogP contribution in [0.3, 0.4) is 0 Å². The number of benzene rings is 1. The molecule has 1 atom stereocenters. The molecule has 2 N–H and O–H groups in total. The molecule has 0 radical (unpaired) electrons. The van der Waals surface area contributed by atoms with E-state index in [-0.39, 0.29) is 12.6 Å². The van der Waals surface area contributed by atoms with Gasteiger partial charge in [0.1, 0.15) is 0 Å². The summed E-state index contributed by atoms with van der Waals surface area (Å²) >= 11 is 0. The highest BCUT2D eigenvalue weighted by molar-refractivity contribution is 5.92. The molecule has 1 aromatic heterocycles. The van der Waals surface area contributed by atoms with Crippen molar-refractivity contribution >= 4 is 17.7 Å². The largest absolute Gasteiger partial charge is 0.481 e. The summed E-state index contributed by atoms with van der Waals surface area (Å²) in [5.74, 6) is -0.864. The highest BCUT2D eigenvalue weighted by atomic mass is 16.4. The van der Waals surface area contributed by atoms with Crippen molar-refractivity contribution in [2.75, 3.05) is 18.4 Å². The second-order valence-electron chi connectivity index (χ2n) is 6.84. The fourth-order valence-corrected chi connectivity index (χ4v) is 3.08. The van der Waals surface area contributed by atoms with Crippen molar-refractivity contribution in [3.63, 3.8) is 0 Å². The van der Waals surface area contributed by atoms with Crippen LogP contribution in [0.5, 0.6) is 0 Å². The molecule has 1 aliphatic heterocycles. The maximum atomic E-state index is 12.5. The first-order valence-corrected chi connectivity index (χ1v) is 8.18. The Morgan fingerprint density at radius 3 is 2.68 bits per heavy atom. The van der Waals surface area contributed by atoms with Gasteiger partial charge in [0.05, 0.1) is 11.1 Å². The van der Waals surface area contributed by atoms with Gasteiger partial charge in [-0.2, -0.15) is 5.10 Å². The Bertz CT molecular complexity index is 829. The van der Waals surface area contributed by atoms with Crippen LogP contribution < -0.4 is 5.32 Å². The highest BCUT2D eigenvalue weighted by Crippen LogP contribution is 2.31. The zero-order valence-corrected chi connectivity index (χ0v) is 14.6. The molecule has 0 spiro atoms. The number of nitrogens with one attached hydrogen (secondary N) is 1. The number of urea groups is 1. The second kappa shape index (κ2) is 6.23. The molecule has 0 bridgehead atoms. The third-order valence-corrected chi connectivity index (χ3v) is 4.87. The molecule has 0 saturated carbocycles. The summed E-state index contributed by atoms with van der Waals surface area (Å²) in [7, 11) is 1.87. The third kappa shape index (κ3) is 3.22. The lowest BCUT2D eigenvalue weighted by Gasteiger charge is -2.21. The van der Waals surface area contributed by atoms with Crippen molar-refractivity contribution in [3.8, 4) is 11.3 Å². The first-order chi connectivity index (χ1) is 11.8. The van der Waals surface area contributed by atoms with Crippen molar-refractivity contribution in [2.24, 2.45) is 12.5 Å². The molecule has 2 amide bonds. The van der Waals surface area contributed by atoms with Crippen LogP contribution >= 0.6 is 0 Å². The molecule has 25 heavy (non-hydrogen) atoms. The van der Waals surface area contributed by atoms with Crippen LogP contribution in [0.25, 0.3) is 11.3 Å². The van der Waals surface area contributed by atoms with Crippen molar-refractivity contribution in [1.29, 1.82) is 0 Å². The number of nitrogens with zero attached hydrogens (tertiary/aromatic N) is 3. The Labute approximate surface area is 146 Å². The van der Waals surface area contributed by atoms with Gasteiger partial charge in [0.15, 0.2) is 0 Å². The summed E-state index contributed by atoms with van der Waals surface area (Å²) in [5.41, 5.74) is 2.70. The molecule has 7 heteroatoms. The summed E-state index contributed by atoms with van der Waals surface area (Å²) < 4.78 is 1.77. The summed E-state index contributed by atoms with van der Waals surface area (Å²) in [4.78, 5) is 25.5. The van der Waals surface area contributed by atoms with Crippen LogP contribution in [0.4, 0.5) is 10.5 Å². The molecular weight excluding hydrogens is 320 g/mol. The van der Waals surface area contributed by atoms with Crippen LogP contribution in [0.15, 0.2) is 30.5 Å². The summed E-state index contributed by atoms with van der Waals surface area (Å²) in [6.45, 7) is 4.26. The number of carboxylic acid groups (broad SMARTS) is 1. The monoisotopic (exact) mass is 342 g/mol. The average Bonchev–Trinajstić information content (AvgIpc) is 3.16.